The molecule has 0 unspecified atom stereocenters. The van der Waals surface area contributed by atoms with Gasteiger partial charge in [0.25, 0.3) is 15.7 Å². The normalized spacial score (nSPS) is 14.0. The second-order valence-electron chi connectivity index (χ2n) is 9.45. The third-order valence-corrected chi connectivity index (χ3v) is 8.08. The number of nitroso groups, excluding NO2 is 1. The van der Waals surface area contributed by atoms with E-state index in [2.05, 4.69) is 14.6 Å². The molecule has 4 aromatic rings. The Hall–Kier alpha value is -4.33. The first-order valence-electron chi connectivity index (χ1n) is 13.1. The highest BCUT2D eigenvalue weighted by atomic mass is 32.2. The van der Waals surface area contributed by atoms with Crippen molar-refractivity contribution in [1.82, 2.24) is 9.88 Å². The van der Waals surface area contributed by atoms with Crippen molar-refractivity contribution >= 4 is 32.3 Å². The number of hydrogen-bond acceptors (Lipinski definition) is 9. The Labute approximate surface area is 242 Å². The Morgan fingerprint density at radius 1 is 1.02 bits per heavy atom. The first-order valence-corrected chi connectivity index (χ1v) is 14.6. The molecule has 1 aliphatic rings. The number of methoxy groups -OCH3 is 1. The standard InChI is InChI=1S/C29H30FN4O7S/c1-33(35)24-5-3-4-6-29(24)42(36,37)32-20-7-8-26(22(30)17-20)41-25-9-10-31-23-19-28(27(38-2)18-21(23)25)40-16-13-34-11-14-39-15-12-34/h3-10,17-19,32H,11-16H2,1-2H3/q+1. The summed E-state index contributed by atoms with van der Waals surface area (Å²) in [5.41, 5.74) is 0.473. The number of ether oxygens (including phenoxy) is 4. The number of anilines is 1. The zero-order valence-electron chi connectivity index (χ0n) is 23.1. The molecular weight excluding hydrogens is 567 g/mol. The number of benzene rings is 3. The van der Waals surface area contributed by atoms with E-state index in [1.807, 2.05) is 0 Å². The lowest BCUT2D eigenvalue weighted by Crippen LogP contribution is -2.38. The van der Waals surface area contributed by atoms with Crippen LogP contribution in [0.25, 0.3) is 10.9 Å². The van der Waals surface area contributed by atoms with E-state index in [1.54, 1.807) is 24.3 Å². The number of nitrogens with one attached hydrogen (secondary N) is 1. The monoisotopic (exact) mass is 597 g/mol. The topological polar surface area (TPSA) is 119 Å². The third kappa shape index (κ3) is 6.59. The summed E-state index contributed by atoms with van der Waals surface area (Å²) in [5, 5.41) is 0.567. The molecule has 0 saturated carbocycles. The molecule has 13 heteroatoms. The minimum Gasteiger partial charge on any atom is -0.493 e. The molecule has 2 heterocycles. The second-order valence-corrected chi connectivity index (χ2v) is 11.1. The molecule has 5 rings (SSSR count). The van der Waals surface area contributed by atoms with Gasteiger partial charge in [-0.3, -0.25) is 14.6 Å². The van der Waals surface area contributed by atoms with E-state index in [1.165, 1.54) is 50.7 Å². The van der Waals surface area contributed by atoms with Crippen LogP contribution in [0.4, 0.5) is 15.8 Å². The number of hydrogen-bond donors (Lipinski definition) is 1. The Morgan fingerprint density at radius 3 is 2.55 bits per heavy atom. The van der Waals surface area contributed by atoms with Crippen LogP contribution in [0.3, 0.4) is 0 Å². The predicted octanol–water partition coefficient (Wildman–Crippen LogP) is 4.73. The molecule has 42 heavy (non-hydrogen) atoms. The van der Waals surface area contributed by atoms with Crippen LogP contribution in [0.5, 0.6) is 23.0 Å². The van der Waals surface area contributed by atoms with E-state index < -0.39 is 15.8 Å². The van der Waals surface area contributed by atoms with Crippen molar-refractivity contribution in [3.63, 3.8) is 0 Å². The van der Waals surface area contributed by atoms with Gasteiger partial charge in [-0.05, 0) is 30.3 Å². The highest BCUT2D eigenvalue weighted by Crippen LogP contribution is 2.38. The summed E-state index contributed by atoms with van der Waals surface area (Å²) in [7, 11) is -1.45. The van der Waals surface area contributed by atoms with Crippen molar-refractivity contribution in [2.45, 2.75) is 4.90 Å². The van der Waals surface area contributed by atoms with Gasteiger partial charge in [-0.15, -0.1) is 0 Å². The van der Waals surface area contributed by atoms with Crippen LogP contribution in [-0.2, 0) is 14.8 Å². The molecule has 0 bridgehead atoms. The highest BCUT2D eigenvalue weighted by molar-refractivity contribution is 7.92. The Morgan fingerprint density at radius 2 is 1.81 bits per heavy atom. The van der Waals surface area contributed by atoms with Gasteiger partial charge in [0.1, 0.15) is 12.4 Å². The maximum absolute atomic E-state index is 15.1. The van der Waals surface area contributed by atoms with E-state index in [0.717, 1.165) is 25.7 Å². The van der Waals surface area contributed by atoms with Crippen molar-refractivity contribution in [2.75, 3.05) is 58.3 Å². The van der Waals surface area contributed by atoms with Gasteiger partial charge in [0.05, 0.1) is 31.5 Å². The van der Waals surface area contributed by atoms with Gasteiger partial charge in [-0.25, -0.2) is 12.8 Å². The molecule has 1 N–H and O–H groups in total. The van der Waals surface area contributed by atoms with E-state index in [4.69, 9.17) is 18.9 Å². The summed E-state index contributed by atoms with van der Waals surface area (Å²) in [6.45, 7) is 4.33. The van der Waals surface area contributed by atoms with Crippen LogP contribution in [-0.4, -0.2) is 76.7 Å². The molecule has 3 aromatic carbocycles. The molecule has 0 spiro atoms. The van der Waals surface area contributed by atoms with Crippen LogP contribution in [0.1, 0.15) is 0 Å². The Bertz CT molecular complexity index is 1710. The fourth-order valence-corrected chi connectivity index (χ4v) is 5.80. The lowest BCUT2D eigenvalue weighted by molar-refractivity contribution is -0.431. The van der Waals surface area contributed by atoms with Crippen LogP contribution >= 0.6 is 0 Å². The molecule has 0 atom stereocenters. The van der Waals surface area contributed by atoms with E-state index in [9.17, 15) is 13.3 Å². The van der Waals surface area contributed by atoms with Crippen LogP contribution < -0.4 is 18.9 Å². The van der Waals surface area contributed by atoms with E-state index in [-0.39, 0.29) is 22.0 Å². The summed E-state index contributed by atoms with van der Waals surface area (Å²) in [6, 6.07) is 14.4. The quantitative estimate of drug-likeness (QED) is 0.245. The van der Waals surface area contributed by atoms with Gasteiger partial charge in [0.15, 0.2) is 35.0 Å². The average molecular weight is 598 g/mol. The van der Waals surface area contributed by atoms with Gasteiger partial charge in [0.2, 0.25) is 0 Å². The molecule has 0 amide bonds. The minimum atomic E-state index is -4.17. The zero-order valence-corrected chi connectivity index (χ0v) is 23.9. The van der Waals surface area contributed by atoms with Crippen LogP contribution in [0, 0.1) is 10.7 Å². The second kappa shape index (κ2) is 12.7. The van der Waals surface area contributed by atoms with Crippen molar-refractivity contribution in [3.05, 3.63) is 77.6 Å². The largest absolute Gasteiger partial charge is 0.493 e. The fourth-order valence-electron chi connectivity index (χ4n) is 4.52. The number of fused-ring (bicyclic) bond motifs is 1. The molecule has 1 aliphatic heterocycles. The number of morpholine rings is 1. The zero-order chi connectivity index (χ0) is 29.7. The van der Waals surface area contributed by atoms with E-state index >= 15 is 4.39 Å². The maximum Gasteiger partial charge on any atom is 0.276 e. The molecule has 220 valence electrons. The van der Waals surface area contributed by atoms with Crippen molar-refractivity contribution < 1.29 is 36.5 Å². The van der Waals surface area contributed by atoms with E-state index in [0.29, 0.717) is 52.7 Å². The lowest BCUT2D eigenvalue weighted by Gasteiger charge is -2.26. The lowest BCUT2D eigenvalue weighted by atomic mass is 10.1. The van der Waals surface area contributed by atoms with Crippen LogP contribution in [0.2, 0.25) is 0 Å². The Balaban J connectivity index is 1.33. The molecule has 1 fully saturated rings. The first kappa shape index (κ1) is 29.2. The van der Waals surface area contributed by atoms with Crippen LogP contribution in [0.15, 0.2) is 71.8 Å². The number of aromatic nitrogens is 1. The van der Waals surface area contributed by atoms with Gasteiger partial charge >= 0.3 is 0 Å². The predicted molar refractivity (Wildman–Crippen MR) is 154 cm³/mol. The van der Waals surface area contributed by atoms with Crippen molar-refractivity contribution in [2.24, 2.45) is 0 Å². The number of rotatable bonds is 11. The van der Waals surface area contributed by atoms with Gasteiger partial charge in [-0.2, -0.15) is 0 Å². The fraction of sp³-hybridized carbons (Fsp3) is 0.276. The van der Waals surface area contributed by atoms with Gasteiger partial charge in [-0.1, -0.05) is 12.1 Å². The smallest absolute Gasteiger partial charge is 0.276 e. The SMILES string of the molecule is COc1cc2c(Oc3ccc(NS(=O)(=O)c4ccccc4[N+](C)=O)cc3F)ccnc2cc1OCCN1CCOCC1. The molecule has 0 radical (unpaired) electrons. The number of pyridine rings is 1. The summed E-state index contributed by atoms with van der Waals surface area (Å²) >= 11 is 0. The Kier molecular flexibility index (Phi) is 8.80. The molecule has 0 aliphatic carbocycles. The number of halogens is 1. The average Bonchev–Trinajstić information content (AvgIpc) is 2.98. The summed E-state index contributed by atoms with van der Waals surface area (Å²) in [6.07, 6.45) is 1.53. The molecule has 11 nitrogen and oxygen atoms in total. The summed E-state index contributed by atoms with van der Waals surface area (Å²) in [4.78, 5) is 18.3. The minimum absolute atomic E-state index is 0.0386. The number of para-hydroxylation sites is 1. The summed E-state index contributed by atoms with van der Waals surface area (Å²) in [5.74, 6) is 0.379. The summed E-state index contributed by atoms with van der Waals surface area (Å²) < 4.78 is 66.6. The first-order chi connectivity index (χ1) is 20.2. The molecular formula is C29H30FN4O7S+. The number of sulfonamides is 1. The molecule has 1 aromatic heterocycles. The maximum atomic E-state index is 15.1. The highest BCUT2D eigenvalue weighted by Gasteiger charge is 2.26. The van der Waals surface area contributed by atoms with Crippen molar-refractivity contribution in [3.8, 4) is 23.0 Å². The van der Waals surface area contributed by atoms with Gasteiger partial charge in [0, 0.05) is 59.1 Å². The van der Waals surface area contributed by atoms with Gasteiger partial charge < -0.3 is 18.9 Å². The third-order valence-electron chi connectivity index (χ3n) is 6.65. The molecule has 1 saturated heterocycles. The van der Waals surface area contributed by atoms with Crippen molar-refractivity contribution in [1.29, 1.82) is 0 Å². The number of nitrogens with zero attached hydrogens (tertiary/aromatic N) is 3.